The second kappa shape index (κ2) is 7.25. The van der Waals surface area contributed by atoms with E-state index in [-0.39, 0.29) is 17.7 Å². The minimum atomic E-state index is 0.0528. The number of hydrogen-bond acceptors (Lipinski definition) is 5. The minimum Gasteiger partial charge on any atom is -0.337 e. The van der Waals surface area contributed by atoms with Crippen LogP contribution in [0.3, 0.4) is 0 Å². The van der Waals surface area contributed by atoms with Gasteiger partial charge in [-0.05, 0) is 24.9 Å². The predicted octanol–water partition coefficient (Wildman–Crippen LogP) is 2.67. The molecule has 1 saturated heterocycles. The summed E-state index contributed by atoms with van der Waals surface area (Å²) in [5.41, 5.74) is 8.98. The van der Waals surface area contributed by atoms with Crippen molar-refractivity contribution in [2.75, 3.05) is 19.6 Å². The molecular formula is C20H23N5OS. The van der Waals surface area contributed by atoms with Gasteiger partial charge in [-0.25, -0.2) is 4.98 Å². The van der Waals surface area contributed by atoms with Crippen molar-refractivity contribution in [2.45, 2.75) is 12.8 Å². The lowest BCUT2D eigenvalue weighted by atomic mass is 9.89. The highest BCUT2D eigenvalue weighted by atomic mass is 32.1. The number of likely N-dealkylation sites (tertiary alicyclic amines) is 1. The standard InChI is InChI=1S/C20H23N5OS/c1-13-18(27-19(23-13)16-9-22-24(2)10-16)20(26)25-11-15(8-21)17(12-25)14-6-4-3-5-7-14/h3-7,9-10,15,17H,8,11-12,21H2,1-2H3/t15-,17+/m1/s1. The van der Waals surface area contributed by atoms with Crippen LogP contribution in [0, 0.1) is 12.8 Å². The van der Waals surface area contributed by atoms with Gasteiger partial charge in [0.15, 0.2) is 0 Å². The normalized spacial score (nSPS) is 19.6. The van der Waals surface area contributed by atoms with Crippen LogP contribution in [-0.2, 0) is 7.05 Å². The van der Waals surface area contributed by atoms with Crippen molar-refractivity contribution in [1.82, 2.24) is 19.7 Å². The van der Waals surface area contributed by atoms with E-state index in [1.165, 1.54) is 16.9 Å². The molecule has 2 N–H and O–H groups in total. The molecule has 0 unspecified atom stereocenters. The Bertz CT molecular complexity index is 948. The predicted molar refractivity (Wildman–Crippen MR) is 107 cm³/mol. The van der Waals surface area contributed by atoms with E-state index in [4.69, 9.17) is 5.73 Å². The van der Waals surface area contributed by atoms with E-state index in [1.807, 2.05) is 43.3 Å². The first-order chi connectivity index (χ1) is 13.1. The van der Waals surface area contributed by atoms with E-state index in [0.29, 0.717) is 24.5 Å². The Morgan fingerprint density at radius 3 is 2.74 bits per heavy atom. The third-order valence-corrected chi connectivity index (χ3v) is 6.40. The Morgan fingerprint density at radius 2 is 2.07 bits per heavy atom. The van der Waals surface area contributed by atoms with Gasteiger partial charge in [0.1, 0.15) is 9.88 Å². The summed E-state index contributed by atoms with van der Waals surface area (Å²) < 4.78 is 1.74. The fourth-order valence-corrected chi connectivity index (χ4v) is 4.76. The maximum Gasteiger partial charge on any atom is 0.265 e. The first-order valence-corrected chi connectivity index (χ1v) is 9.89. The van der Waals surface area contributed by atoms with E-state index in [9.17, 15) is 4.79 Å². The van der Waals surface area contributed by atoms with Gasteiger partial charge in [0.25, 0.3) is 5.91 Å². The lowest BCUT2D eigenvalue weighted by Crippen LogP contribution is -2.29. The highest BCUT2D eigenvalue weighted by molar-refractivity contribution is 7.17. The van der Waals surface area contributed by atoms with Gasteiger partial charge in [-0.1, -0.05) is 30.3 Å². The third kappa shape index (κ3) is 3.40. The number of carbonyl (C=O) groups excluding carboxylic acids is 1. The van der Waals surface area contributed by atoms with Crippen molar-refractivity contribution < 1.29 is 4.79 Å². The molecule has 0 aliphatic carbocycles. The van der Waals surface area contributed by atoms with E-state index in [0.717, 1.165) is 16.3 Å². The van der Waals surface area contributed by atoms with Crippen LogP contribution in [0.4, 0.5) is 0 Å². The van der Waals surface area contributed by atoms with Crippen molar-refractivity contribution in [1.29, 1.82) is 0 Å². The minimum absolute atomic E-state index is 0.0528. The molecule has 6 nitrogen and oxygen atoms in total. The molecule has 0 spiro atoms. The van der Waals surface area contributed by atoms with Crippen LogP contribution in [-0.4, -0.2) is 45.2 Å². The molecule has 4 rings (SSSR count). The molecule has 1 amide bonds. The Hall–Kier alpha value is -2.51. The molecule has 0 bridgehead atoms. The van der Waals surface area contributed by atoms with Crippen molar-refractivity contribution >= 4 is 17.2 Å². The van der Waals surface area contributed by atoms with E-state index in [2.05, 4.69) is 22.2 Å². The number of aryl methyl sites for hydroxylation is 2. The zero-order chi connectivity index (χ0) is 19.0. The van der Waals surface area contributed by atoms with Crippen molar-refractivity contribution in [3.05, 3.63) is 58.9 Å². The van der Waals surface area contributed by atoms with Gasteiger partial charge < -0.3 is 10.6 Å². The Kier molecular flexibility index (Phi) is 4.80. The molecule has 3 aromatic rings. The van der Waals surface area contributed by atoms with E-state index >= 15 is 0 Å². The molecule has 0 saturated carbocycles. The summed E-state index contributed by atoms with van der Waals surface area (Å²) in [5, 5.41) is 5.02. The van der Waals surface area contributed by atoms with Gasteiger partial charge in [-0.15, -0.1) is 11.3 Å². The average Bonchev–Trinajstić information content (AvgIpc) is 3.39. The zero-order valence-electron chi connectivity index (χ0n) is 15.5. The van der Waals surface area contributed by atoms with E-state index < -0.39 is 0 Å². The van der Waals surface area contributed by atoms with Gasteiger partial charge in [-0.3, -0.25) is 9.48 Å². The summed E-state index contributed by atoms with van der Waals surface area (Å²) in [5.74, 6) is 0.616. The molecular weight excluding hydrogens is 358 g/mol. The average molecular weight is 382 g/mol. The summed E-state index contributed by atoms with van der Waals surface area (Å²) in [6, 6.07) is 10.3. The van der Waals surface area contributed by atoms with Crippen LogP contribution in [0.15, 0.2) is 42.7 Å². The van der Waals surface area contributed by atoms with Crippen molar-refractivity contribution in [2.24, 2.45) is 18.7 Å². The molecule has 3 heterocycles. The highest BCUT2D eigenvalue weighted by Gasteiger charge is 2.36. The van der Waals surface area contributed by atoms with Crippen LogP contribution in [0.5, 0.6) is 0 Å². The Labute approximate surface area is 162 Å². The monoisotopic (exact) mass is 381 g/mol. The quantitative estimate of drug-likeness (QED) is 0.754. The maximum absolute atomic E-state index is 13.2. The smallest absolute Gasteiger partial charge is 0.265 e. The molecule has 7 heteroatoms. The third-order valence-electron chi connectivity index (χ3n) is 5.20. The maximum atomic E-state index is 13.2. The van der Waals surface area contributed by atoms with Gasteiger partial charge in [-0.2, -0.15) is 5.10 Å². The van der Waals surface area contributed by atoms with Crippen molar-refractivity contribution in [3.63, 3.8) is 0 Å². The van der Waals surface area contributed by atoms with Gasteiger partial charge in [0.2, 0.25) is 0 Å². The Morgan fingerprint density at radius 1 is 1.30 bits per heavy atom. The fourth-order valence-electron chi connectivity index (χ4n) is 3.75. The molecule has 2 atom stereocenters. The first-order valence-electron chi connectivity index (χ1n) is 9.07. The molecule has 1 aromatic carbocycles. The summed E-state index contributed by atoms with van der Waals surface area (Å²) in [6.45, 7) is 3.86. The summed E-state index contributed by atoms with van der Waals surface area (Å²) in [4.78, 5) is 20.4. The van der Waals surface area contributed by atoms with E-state index in [1.54, 1.807) is 10.9 Å². The number of nitrogens with zero attached hydrogens (tertiary/aromatic N) is 4. The van der Waals surface area contributed by atoms with Crippen LogP contribution in [0.25, 0.3) is 10.6 Å². The SMILES string of the molecule is Cc1nc(-c2cnn(C)c2)sc1C(=O)N1C[C@@H](CN)[C@H](c2ccccc2)C1. The van der Waals surface area contributed by atoms with Crippen LogP contribution >= 0.6 is 11.3 Å². The number of benzene rings is 1. The van der Waals surface area contributed by atoms with Gasteiger partial charge in [0.05, 0.1) is 11.9 Å². The number of rotatable bonds is 4. The van der Waals surface area contributed by atoms with Crippen LogP contribution in [0.2, 0.25) is 0 Å². The fraction of sp³-hybridized carbons (Fsp3) is 0.350. The molecule has 1 aliphatic heterocycles. The van der Waals surface area contributed by atoms with Gasteiger partial charge in [0, 0.05) is 37.8 Å². The first kappa shape index (κ1) is 17.9. The number of nitrogens with two attached hydrogens (primary N) is 1. The molecule has 0 radical (unpaired) electrons. The van der Waals surface area contributed by atoms with Crippen LogP contribution < -0.4 is 5.73 Å². The number of amides is 1. The topological polar surface area (TPSA) is 77.0 Å². The lowest BCUT2D eigenvalue weighted by Gasteiger charge is -2.16. The zero-order valence-corrected chi connectivity index (χ0v) is 16.3. The highest BCUT2D eigenvalue weighted by Crippen LogP contribution is 2.35. The molecule has 140 valence electrons. The molecule has 2 aromatic heterocycles. The second-order valence-corrected chi connectivity index (χ2v) is 8.06. The number of thiazole rings is 1. The second-order valence-electron chi connectivity index (χ2n) is 7.06. The molecule has 27 heavy (non-hydrogen) atoms. The number of aromatic nitrogens is 3. The molecule has 1 fully saturated rings. The van der Waals surface area contributed by atoms with Crippen molar-refractivity contribution in [3.8, 4) is 10.6 Å². The lowest BCUT2D eigenvalue weighted by molar-refractivity contribution is 0.0790. The summed E-state index contributed by atoms with van der Waals surface area (Å²) in [7, 11) is 1.87. The number of carbonyl (C=O) groups is 1. The molecule has 1 aliphatic rings. The summed E-state index contributed by atoms with van der Waals surface area (Å²) >= 11 is 1.44. The van der Waals surface area contributed by atoms with Crippen LogP contribution in [0.1, 0.15) is 26.8 Å². The Balaban J connectivity index is 1.57. The number of hydrogen-bond donors (Lipinski definition) is 1. The summed E-state index contributed by atoms with van der Waals surface area (Å²) in [6.07, 6.45) is 3.69. The van der Waals surface area contributed by atoms with Gasteiger partial charge >= 0.3 is 0 Å². The largest absolute Gasteiger partial charge is 0.337 e.